The number of aryl methyl sites for hydroxylation is 2. The quantitative estimate of drug-likeness (QED) is 0.648. The van der Waals surface area contributed by atoms with Gasteiger partial charge in [0, 0.05) is 0 Å². The maximum Gasteiger partial charge on any atom is -0.0103 e. The van der Waals surface area contributed by atoms with Gasteiger partial charge in [-0.25, -0.2) is 0 Å². The molecule has 106 valence electrons. The SMILES string of the molecule is C=Cc1c(CC)c(CC)c(CC)c2c(CC)cccc12. The van der Waals surface area contributed by atoms with E-state index in [1.54, 1.807) is 11.1 Å². The summed E-state index contributed by atoms with van der Waals surface area (Å²) in [5.74, 6) is 0. The molecule has 0 aliphatic carbocycles. The molecule has 0 spiro atoms. The molecule has 0 fully saturated rings. The van der Waals surface area contributed by atoms with Crippen LogP contribution in [0.5, 0.6) is 0 Å². The minimum Gasteiger partial charge on any atom is -0.0984 e. The molecule has 0 atom stereocenters. The molecule has 20 heavy (non-hydrogen) atoms. The summed E-state index contributed by atoms with van der Waals surface area (Å²) in [6, 6.07) is 6.74. The van der Waals surface area contributed by atoms with Crippen molar-refractivity contribution in [1.29, 1.82) is 0 Å². The van der Waals surface area contributed by atoms with Crippen molar-refractivity contribution in [3.63, 3.8) is 0 Å². The second-order valence-electron chi connectivity index (χ2n) is 5.31. The molecule has 0 aliphatic heterocycles. The first-order chi connectivity index (χ1) is 9.73. The van der Waals surface area contributed by atoms with Crippen molar-refractivity contribution in [2.24, 2.45) is 0 Å². The van der Waals surface area contributed by atoms with E-state index in [1.807, 2.05) is 0 Å². The lowest BCUT2D eigenvalue weighted by Gasteiger charge is -2.21. The van der Waals surface area contributed by atoms with Gasteiger partial charge in [0.1, 0.15) is 0 Å². The van der Waals surface area contributed by atoms with Gasteiger partial charge in [0.2, 0.25) is 0 Å². The van der Waals surface area contributed by atoms with E-state index in [1.165, 1.54) is 27.5 Å². The molecule has 0 N–H and O–H groups in total. The van der Waals surface area contributed by atoms with Crippen LogP contribution in [0.4, 0.5) is 0 Å². The van der Waals surface area contributed by atoms with Crippen LogP contribution in [-0.2, 0) is 25.7 Å². The molecule has 0 aromatic heterocycles. The highest BCUT2D eigenvalue weighted by Crippen LogP contribution is 2.35. The summed E-state index contributed by atoms with van der Waals surface area (Å²) in [4.78, 5) is 0. The molecular formula is C20H26. The van der Waals surface area contributed by atoms with Crippen molar-refractivity contribution in [3.8, 4) is 0 Å². The van der Waals surface area contributed by atoms with E-state index in [-0.39, 0.29) is 0 Å². The largest absolute Gasteiger partial charge is 0.0984 e. The first kappa shape index (κ1) is 14.8. The van der Waals surface area contributed by atoms with Crippen LogP contribution in [0.15, 0.2) is 24.8 Å². The molecule has 2 aromatic rings. The van der Waals surface area contributed by atoms with E-state index in [2.05, 4.69) is 58.5 Å². The molecule has 0 heterocycles. The van der Waals surface area contributed by atoms with Crippen molar-refractivity contribution >= 4 is 16.8 Å². The summed E-state index contributed by atoms with van der Waals surface area (Å²) in [6.07, 6.45) is 6.46. The van der Waals surface area contributed by atoms with E-state index >= 15 is 0 Å². The van der Waals surface area contributed by atoms with Gasteiger partial charge in [0.05, 0.1) is 0 Å². The van der Waals surface area contributed by atoms with Gasteiger partial charge in [0.15, 0.2) is 0 Å². The lowest BCUT2D eigenvalue weighted by atomic mass is 9.83. The maximum atomic E-state index is 4.08. The third-order valence-electron chi connectivity index (χ3n) is 4.44. The Bertz CT molecular complexity index is 632. The highest BCUT2D eigenvalue weighted by Gasteiger charge is 2.16. The van der Waals surface area contributed by atoms with E-state index in [9.17, 15) is 0 Å². The zero-order valence-electron chi connectivity index (χ0n) is 13.3. The van der Waals surface area contributed by atoms with Crippen LogP contribution in [0.25, 0.3) is 16.8 Å². The first-order valence-electron chi connectivity index (χ1n) is 7.93. The molecule has 0 saturated heterocycles. The van der Waals surface area contributed by atoms with Crippen LogP contribution in [0.2, 0.25) is 0 Å². The Morgan fingerprint density at radius 1 is 0.850 bits per heavy atom. The van der Waals surface area contributed by atoms with Crippen LogP contribution in [0, 0.1) is 0 Å². The average molecular weight is 266 g/mol. The summed E-state index contributed by atoms with van der Waals surface area (Å²) in [7, 11) is 0. The van der Waals surface area contributed by atoms with Crippen molar-refractivity contribution in [1.82, 2.24) is 0 Å². The predicted molar refractivity (Wildman–Crippen MR) is 91.6 cm³/mol. The van der Waals surface area contributed by atoms with Crippen molar-refractivity contribution in [2.45, 2.75) is 53.4 Å². The number of hydrogen-bond acceptors (Lipinski definition) is 0. The molecule has 0 radical (unpaired) electrons. The summed E-state index contributed by atoms with van der Waals surface area (Å²) in [6.45, 7) is 13.2. The number of rotatable bonds is 5. The van der Waals surface area contributed by atoms with Gasteiger partial charge < -0.3 is 0 Å². The fourth-order valence-corrected chi connectivity index (χ4v) is 3.59. The Kier molecular flexibility index (Phi) is 4.65. The normalized spacial score (nSPS) is 11.0. The summed E-state index contributed by atoms with van der Waals surface area (Å²) >= 11 is 0. The van der Waals surface area contributed by atoms with Gasteiger partial charge in [-0.1, -0.05) is 58.5 Å². The highest BCUT2D eigenvalue weighted by atomic mass is 14.2. The van der Waals surface area contributed by atoms with Gasteiger partial charge in [-0.3, -0.25) is 0 Å². The van der Waals surface area contributed by atoms with Gasteiger partial charge in [-0.2, -0.15) is 0 Å². The van der Waals surface area contributed by atoms with E-state index in [0.717, 1.165) is 25.7 Å². The van der Waals surface area contributed by atoms with Crippen molar-refractivity contribution in [2.75, 3.05) is 0 Å². The van der Waals surface area contributed by atoms with Gasteiger partial charge >= 0.3 is 0 Å². The fourth-order valence-electron chi connectivity index (χ4n) is 3.59. The summed E-state index contributed by atoms with van der Waals surface area (Å²) < 4.78 is 0. The fraction of sp³-hybridized carbons (Fsp3) is 0.400. The molecule has 0 amide bonds. The summed E-state index contributed by atoms with van der Waals surface area (Å²) in [5.41, 5.74) is 7.44. The van der Waals surface area contributed by atoms with Crippen LogP contribution < -0.4 is 0 Å². The number of benzene rings is 2. The van der Waals surface area contributed by atoms with Gasteiger partial charge in [-0.15, -0.1) is 0 Å². The van der Waals surface area contributed by atoms with E-state index in [0.29, 0.717) is 0 Å². The lowest BCUT2D eigenvalue weighted by molar-refractivity contribution is 0.987. The van der Waals surface area contributed by atoms with Gasteiger partial charge in [-0.05, 0) is 64.3 Å². The molecule has 0 unspecified atom stereocenters. The van der Waals surface area contributed by atoms with Crippen LogP contribution in [-0.4, -0.2) is 0 Å². The van der Waals surface area contributed by atoms with Crippen LogP contribution in [0.1, 0.15) is 55.5 Å². The topological polar surface area (TPSA) is 0 Å². The maximum absolute atomic E-state index is 4.08. The molecule has 0 aliphatic rings. The average Bonchev–Trinajstić information content (AvgIpc) is 2.51. The summed E-state index contributed by atoms with van der Waals surface area (Å²) in [5, 5.41) is 2.88. The second-order valence-corrected chi connectivity index (χ2v) is 5.31. The van der Waals surface area contributed by atoms with Crippen LogP contribution >= 0.6 is 0 Å². The third-order valence-corrected chi connectivity index (χ3v) is 4.44. The van der Waals surface area contributed by atoms with E-state index < -0.39 is 0 Å². The molecule has 0 bridgehead atoms. The van der Waals surface area contributed by atoms with Gasteiger partial charge in [0.25, 0.3) is 0 Å². The zero-order chi connectivity index (χ0) is 14.7. The molecule has 0 saturated carbocycles. The lowest BCUT2D eigenvalue weighted by Crippen LogP contribution is -2.04. The molecule has 0 heteroatoms. The standard InChI is InChI=1S/C20H26/c1-6-14-12-11-13-19-17(9-4)15(7-2)16(8-3)18(10-5)20(14)19/h9,11-13H,4,6-8,10H2,1-3,5H3. The Morgan fingerprint density at radius 2 is 1.50 bits per heavy atom. The molecular weight excluding hydrogens is 240 g/mol. The van der Waals surface area contributed by atoms with Crippen LogP contribution in [0.3, 0.4) is 0 Å². The Hall–Kier alpha value is -1.56. The first-order valence-corrected chi connectivity index (χ1v) is 7.93. The van der Waals surface area contributed by atoms with Crippen molar-refractivity contribution in [3.05, 3.63) is 52.6 Å². The smallest absolute Gasteiger partial charge is 0.0103 e. The molecule has 0 nitrogen and oxygen atoms in total. The Morgan fingerprint density at radius 3 is 2.00 bits per heavy atom. The minimum absolute atomic E-state index is 1.09. The molecule has 2 rings (SSSR count). The second kappa shape index (κ2) is 6.26. The third kappa shape index (κ3) is 2.18. The highest BCUT2D eigenvalue weighted by molar-refractivity contribution is 5.97. The predicted octanol–water partition coefficient (Wildman–Crippen LogP) is 5.73. The Balaban J connectivity index is 3.05. The molecule has 2 aromatic carbocycles. The zero-order valence-corrected chi connectivity index (χ0v) is 13.3. The minimum atomic E-state index is 1.09. The monoisotopic (exact) mass is 266 g/mol. The van der Waals surface area contributed by atoms with E-state index in [4.69, 9.17) is 0 Å². The Labute approximate surface area is 123 Å². The number of fused-ring (bicyclic) bond motifs is 1. The number of hydrogen-bond donors (Lipinski definition) is 0. The van der Waals surface area contributed by atoms with Crippen molar-refractivity contribution < 1.29 is 0 Å².